The lowest BCUT2D eigenvalue weighted by atomic mass is 10.0. The second kappa shape index (κ2) is 7.14. The van der Waals surface area contributed by atoms with Crippen LogP contribution in [0.3, 0.4) is 0 Å². The normalized spacial score (nSPS) is 11.6. The molecule has 1 atom stereocenters. The number of halogens is 2. The Labute approximate surface area is 131 Å². The summed E-state index contributed by atoms with van der Waals surface area (Å²) in [4.78, 5) is 0. The molecule has 1 aromatic carbocycles. The van der Waals surface area contributed by atoms with Gasteiger partial charge in [0.25, 0.3) is 0 Å². The van der Waals surface area contributed by atoms with Crippen molar-refractivity contribution in [2.75, 3.05) is 14.2 Å². The van der Waals surface area contributed by atoms with E-state index in [-0.39, 0.29) is 18.4 Å². The molecule has 2 rings (SSSR count). The van der Waals surface area contributed by atoms with Gasteiger partial charge in [0.2, 0.25) is 0 Å². The minimum Gasteiger partial charge on any atom is -0.493 e. The molecule has 0 aliphatic heterocycles. The van der Waals surface area contributed by atoms with E-state index in [9.17, 15) is 0 Å². The Balaban J connectivity index is 0.00000180. The smallest absolute Gasteiger partial charge is 0.161 e. The quantitative estimate of drug-likeness (QED) is 0.892. The van der Waals surface area contributed by atoms with Gasteiger partial charge in [0.1, 0.15) is 0 Å². The minimum absolute atomic E-state index is 0. The van der Waals surface area contributed by atoms with E-state index in [4.69, 9.17) is 15.2 Å². The van der Waals surface area contributed by atoms with Crippen molar-refractivity contribution in [3.05, 3.63) is 44.6 Å². The third-order valence-electron chi connectivity index (χ3n) is 2.74. The van der Waals surface area contributed by atoms with Crippen LogP contribution in [0.1, 0.15) is 17.2 Å². The van der Waals surface area contributed by atoms with Gasteiger partial charge < -0.3 is 15.2 Å². The van der Waals surface area contributed by atoms with E-state index in [0.717, 1.165) is 15.6 Å². The molecule has 6 heteroatoms. The van der Waals surface area contributed by atoms with Crippen molar-refractivity contribution >= 4 is 39.7 Å². The summed E-state index contributed by atoms with van der Waals surface area (Å²) < 4.78 is 11.5. The molecule has 0 spiro atoms. The Morgan fingerprint density at radius 1 is 1.21 bits per heavy atom. The predicted octanol–water partition coefficient (Wildman–Crippen LogP) is 4.00. The predicted molar refractivity (Wildman–Crippen MR) is 84.8 cm³/mol. The van der Waals surface area contributed by atoms with Crippen molar-refractivity contribution in [3.8, 4) is 11.5 Å². The molecule has 104 valence electrons. The van der Waals surface area contributed by atoms with Crippen LogP contribution in [0.15, 0.2) is 33.4 Å². The molecule has 0 aliphatic carbocycles. The van der Waals surface area contributed by atoms with Gasteiger partial charge in [0, 0.05) is 4.47 Å². The summed E-state index contributed by atoms with van der Waals surface area (Å²) in [6, 6.07) is 5.63. The van der Waals surface area contributed by atoms with E-state index in [1.807, 2.05) is 29.0 Å². The van der Waals surface area contributed by atoms with E-state index in [2.05, 4.69) is 15.9 Å². The number of methoxy groups -OCH3 is 2. The van der Waals surface area contributed by atoms with Crippen molar-refractivity contribution in [2.45, 2.75) is 6.04 Å². The van der Waals surface area contributed by atoms with E-state index in [0.29, 0.717) is 11.5 Å². The van der Waals surface area contributed by atoms with Gasteiger partial charge in [-0.15, -0.1) is 12.4 Å². The molecular weight excluding hydrogens is 350 g/mol. The zero-order valence-electron chi connectivity index (χ0n) is 10.6. The molecular formula is C13H15BrClNO2S. The molecule has 0 aliphatic rings. The summed E-state index contributed by atoms with van der Waals surface area (Å²) >= 11 is 5.16. The van der Waals surface area contributed by atoms with Crippen LogP contribution in [-0.4, -0.2) is 14.2 Å². The summed E-state index contributed by atoms with van der Waals surface area (Å²) in [5.74, 6) is 1.37. The lowest BCUT2D eigenvalue weighted by molar-refractivity contribution is 0.354. The van der Waals surface area contributed by atoms with Gasteiger partial charge in [-0.05, 0) is 40.1 Å². The highest BCUT2D eigenvalue weighted by Crippen LogP contribution is 2.37. The summed E-state index contributed by atoms with van der Waals surface area (Å²) in [5.41, 5.74) is 8.33. The van der Waals surface area contributed by atoms with Crippen LogP contribution < -0.4 is 15.2 Å². The first kappa shape index (κ1) is 16.3. The van der Waals surface area contributed by atoms with E-state index in [1.54, 1.807) is 25.6 Å². The molecule has 2 aromatic rings. The molecule has 0 saturated heterocycles. The molecule has 1 aromatic heterocycles. The number of ether oxygens (including phenoxy) is 2. The van der Waals surface area contributed by atoms with Crippen LogP contribution in [0.4, 0.5) is 0 Å². The first-order valence-corrected chi connectivity index (χ1v) is 7.10. The molecule has 0 saturated carbocycles. The second-order valence-electron chi connectivity index (χ2n) is 3.76. The van der Waals surface area contributed by atoms with E-state index in [1.165, 1.54) is 0 Å². The third-order valence-corrected chi connectivity index (χ3v) is 4.13. The third kappa shape index (κ3) is 3.42. The number of hydrogen-bond acceptors (Lipinski definition) is 4. The minimum atomic E-state index is -0.176. The van der Waals surface area contributed by atoms with Crippen LogP contribution in [0.2, 0.25) is 0 Å². The Kier molecular flexibility index (Phi) is 6.13. The van der Waals surface area contributed by atoms with Crippen molar-refractivity contribution in [1.29, 1.82) is 0 Å². The maximum Gasteiger partial charge on any atom is 0.161 e. The van der Waals surface area contributed by atoms with Crippen LogP contribution in [-0.2, 0) is 0 Å². The zero-order valence-corrected chi connectivity index (χ0v) is 13.8. The molecule has 19 heavy (non-hydrogen) atoms. The van der Waals surface area contributed by atoms with Crippen LogP contribution in [0.25, 0.3) is 0 Å². The maximum absolute atomic E-state index is 6.26. The first-order valence-electron chi connectivity index (χ1n) is 5.36. The van der Waals surface area contributed by atoms with Gasteiger partial charge in [-0.3, -0.25) is 0 Å². The van der Waals surface area contributed by atoms with Crippen LogP contribution >= 0.6 is 39.7 Å². The Bertz CT molecular complexity index is 534. The molecule has 0 bridgehead atoms. The van der Waals surface area contributed by atoms with Gasteiger partial charge in [-0.2, -0.15) is 11.3 Å². The van der Waals surface area contributed by atoms with Gasteiger partial charge in [0.05, 0.1) is 20.3 Å². The standard InChI is InChI=1S/C13H14BrNO2S.ClH/c1-16-11-5-9(10(14)6-12(11)17-2)13(15)8-3-4-18-7-8;/h3-7,13H,15H2,1-2H3;1H/t13-;/m0./s1. The molecule has 0 fully saturated rings. The number of hydrogen-bond donors (Lipinski definition) is 1. The highest BCUT2D eigenvalue weighted by atomic mass is 79.9. The second-order valence-corrected chi connectivity index (χ2v) is 5.40. The van der Waals surface area contributed by atoms with Crippen molar-refractivity contribution in [3.63, 3.8) is 0 Å². The Morgan fingerprint density at radius 3 is 2.37 bits per heavy atom. The fourth-order valence-corrected chi connectivity index (χ4v) is 3.01. The fourth-order valence-electron chi connectivity index (χ4n) is 1.74. The Morgan fingerprint density at radius 2 is 1.84 bits per heavy atom. The van der Waals surface area contributed by atoms with E-state index >= 15 is 0 Å². The molecule has 2 N–H and O–H groups in total. The highest BCUT2D eigenvalue weighted by Gasteiger charge is 2.16. The maximum atomic E-state index is 6.26. The molecule has 3 nitrogen and oxygen atoms in total. The number of benzene rings is 1. The highest BCUT2D eigenvalue weighted by molar-refractivity contribution is 9.10. The molecule has 0 amide bonds. The summed E-state index contributed by atoms with van der Waals surface area (Å²) in [6.07, 6.45) is 0. The summed E-state index contributed by atoms with van der Waals surface area (Å²) in [5, 5.41) is 4.07. The molecule has 0 radical (unpaired) electrons. The van der Waals surface area contributed by atoms with Crippen molar-refractivity contribution in [2.24, 2.45) is 5.73 Å². The summed E-state index contributed by atoms with van der Waals surface area (Å²) in [7, 11) is 3.23. The van der Waals surface area contributed by atoms with Crippen molar-refractivity contribution in [1.82, 2.24) is 0 Å². The van der Waals surface area contributed by atoms with Gasteiger partial charge in [-0.1, -0.05) is 15.9 Å². The molecule has 0 unspecified atom stereocenters. The SMILES string of the molecule is COc1cc(Br)c([C@@H](N)c2ccsc2)cc1OC.Cl. The van der Waals surface area contributed by atoms with Gasteiger partial charge in [-0.25, -0.2) is 0 Å². The average Bonchev–Trinajstić information content (AvgIpc) is 2.91. The summed E-state index contributed by atoms with van der Waals surface area (Å²) in [6.45, 7) is 0. The monoisotopic (exact) mass is 363 g/mol. The number of rotatable bonds is 4. The topological polar surface area (TPSA) is 44.5 Å². The first-order chi connectivity index (χ1) is 8.67. The van der Waals surface area contributed by atoms with E-state index < -0.39 is 0 Å². The fraction of sp³-hybridized carbons (Fsp3) is 0.231. The number of nitrogens with two attached hydrogens (primary N) is 1. The van der Waals surface area contributed by atoms with Crippen LogP contribution in [0, 0.1) is 0 Å². The lowest BCUT2D eigenvalue weighted by Crippen LogP contribution is -2.12. The largest absolute Gasteiger partial charge is 0.493 e. The average molecular weight is 365 g/mol. The molecule has 1 heterocycles. The van der Waals surface area contributed by atoms with Crippen molar-refractivity contribution < 1.29 is 9.47 Å². The number of thiophene rings is 1. The van der Waals surface area contributed by atoms with Gasteiger partial charge in [0.15, 0.2) is 11.5 Å². The van der Waals surface area contributed by atoms with Crippen LogP contribution in [0.5, 0.6) is 11.5 Å². The zero-order chi connectivity index (χ0) is 13.1. The lowest BCUT2D eigenvalue weighted by Gasteiger charge is -2.16. The Hall–Kier alpha value is -0.750. The van der Waals surface area contributed by atoms with Gasteiger partial charge >= 0.3 is 0 Å².